The number of hydrogen-bond donors (Lipinski definition) is 1. The van der Waals surface area contributed by atoms with Gasteiger partial charge in [0, 0.05) is 29.9 Å². The maximum atomic E-state index is 6.07. The van der Waals surface area contributed by atoms with Gasteiger partial charge in [-0.2, -0.15) is 0 Å². The summed E-state index contributed by atoms with van der Waals surface area (Å²) in [6.07, 6.45) is 4.92. The van der Waals surface area contributed by atoms with Gasteiger partial charge in [0.25, 0.3) is 0 Å². The van der Waals surface area contributed by atoms with E-state index < -0.39 is 0 Å². The molecule has 0 bridgehead atoms. The molecule has 20 heavy (non-hydrogen) atoms. The van der Waals surface area contributed by atoms with E-state index in [2.05, 4.69) is 35.2 Å². The van der Waals surface area contributed by atoms with Gasteiger partial charge in [-0.25, -0.2) is 0 Å². The number of aromatic amines is 1. The topological polar surface area (TPSA) is 33.2 Å². The number of nitrogens with one attached hydrogen (secondary N) is 1. The number of aromatic nitrogens is 2. The fourth-order valence-electron chi connectivity index (χ4n) is 3.40. The molecule has 2 saturated heterocycles. The van der Waals surface area contributed by atoms with Crippen LogP contribution in [0.25, 0.3) is 0 Å². The third-order valence-electron chi connectivity index (χ3n) is 4.48. The van der Waals surface area contributed by atoms with Crippen LogP contribution in [0, 0.1) is 4.77 Å². The average Bonchev–Trinajstić information content (AvgIpc) is 2.96. The summed E-state index contributed by atoms with van der Waals surface area (Å²) in [6, 6.07) is 0.660. The molecular weight excluding hydrogens is 270 g/mol. The Bertz CT molecular complexity index is 528. The second-order valence-electron chi connectivity index (χ2n) is 7.09. The molecule has 1 aromatic rings. The highest BCUT2D eigenvalue weighted by atomic mass is 32.1. The number of morpholine rings is 1. The summed E-state index contributed by atoms with van der Waals surface area (Å²) in [5.41, 5.74) is 1.35. The van der Waals surface area contributed by atoms with E-state index in [0.29, 0.717) is 6.04 Å². The highest BCUT2D eigenvalue weighted by molar-refractivity contribution is 7.71. The zero-order valence-corrected chi connectivity index (χ0v) is 13.5. The highest BCUT2D eigenvalue weighted by Gasteiger charge is 2.33. The molecule has 2 atom stereocenters. The van der Waals surface area contributed by atoms with Gasteiger partial charge in [-0.1, -0.05) is 20.8 Å². The molecule has 0 spiro atoms. The lowest BCUT2D eigenvalue weighted by atomic mass is 9.92. The van der Waals surface area contributed by atoms with E-state index in [-0.39, 0.29) is 11.5 Å². The van der Waals surface area contributed by atoms with Crippen molar-refractivity contribution in [3.8, 4) is 0 Å². The fourth-order valence-corrected chi connectivity index (χ4v) is 3.63. The van der Waals surface area contributed by atoms with Gasteiger partial charge < -0.3 is 14.3 Å². The van der Waals surface area contributed by atoms with Crippen molar-refractivity contribution in [3.05, 3.63) is 16.7 Å². The van der Waals surface area contributed by atoms with Crippen LogP contribution in [0.1, 0.15) is 39.3 Å². The molecule has 1 aromatic heterocycles. The van der Waals surface area contributed by atoms with Crippen LogP contribution in [-0.4, -0.2) is 46.3 Å². The molecule has 5 heteroatoms. The lowest BCUT2D eigenvalue weighted by molar-refractivity contribution is -0.0557. The quantitative estimate of drug-likeness (QED) is 0.852. The van der Waals surface area contributed by atoms with E-state index in [9.17, 15) is 0 Å². The van der Waals surface area contributed by atoms with Crippen LogP contribution in [0.4, 0.5) is 0 Å². The van der Waals surface area contributed by atoms with Gasteiger partial charge in [-0.15, -0.1) is 0 Å². The first-order chi connectivity index (χ1) is 9.45. The van der Waals surface area contributed by atoms with Crippen molar-refractivity contribution >= 4 is 12.2 Å². The Balaban J connectivity index is 1.75. The summed E-state index contributed by atoms with van der Waals surface area (Å²) in [5, 5.41) is 0. The molecule has 2 fully saturated rings. The SMILES string of the molecule is CC(C)(C)c1c[nH]c(=S)n1CC1CN2CCCC2CO1. The Kier molecular flexibility index (Phi) is 3.77. The van der Waals surface area contributed by atoms with Gasteiger partial charge in [0.2, 0.25) is 0 Å². The Labute approximate surface area is 126 Å². The maximum absolute atomic E-state index is 6.07. The molecule has 2 unspecified atom stereocenters. The number of imidazole rings is 1. The van der Waals surface area contributed by atoms with Crippen LogP contribution in [0.5, 0.6) is 0 Å². The first kappa shape index (κ1) is 14.3. The van der Waals surface area contributed by atoms with E-state index in [1.165, 1.54) is 25.1 Å². The molecule has 1 N–H and O–H groups in total. The van der Waals surface area contributed by atoms with Crippen LogP contribution in [0.2, 0.25) is 0 Å². The summed E-state index contributed by atoms with van der Waals surface area (Å²) < 4.78 is 9.09. The highest BCUT2D eigenvalue weighted by Crippen LogP contribution is 2.26. The minimum atomic E-state index is 0.0956. The van der Waals surface area contributed by atoms with Crippen molar-refractivity contribution in [1.82, 2.24) is 14.5 Å². The Morgan fingerprint density at radius 2 is 2.25 bits per heavy atom. The number of hydrogen-bond acceptors (Lipinski definition) is 3. The fraction of sp³-hybridized carbons (Fsp3) is 0.800. The standard InChI is InChI=1S/C15H25N3OS/c1-15(2,3)13-7-16-14(20)18(13)9-12-8-17-6-4-5-11(17)10-19-12/h7,11-12H,4-6,8-10H2,1-3H3,(H,16,20). The van der Waals surface area contributed by atoms with E-state index in [0.717, 1.165) is 24.5 Å². The number of fused-ring (bicyclic) bond motifs is 1. The van der Waals surface area contributed by atoms with E-state index in [4.69, 9.17) is 17.0 Å². The lowest BCUT2D eigenvalue weighted by Gasteiger charge is -2.36. The zero-order valence-electron chi connectivity index (χ0n) is 12.7. The molecule has 3 heterocycles. The number of nitrogens with zero attached hydrogens (tertiary/aromatic N) is 2. The minimum Gasteiger partial charge on any atom is -0.373 e. The van der Waals surface area contributed by atoms with Gasteiger partial charge in [-0.05, 0) is 31.6 Å². The van der Waals surface area contributed by atoms with Crippen molar-refractivity contribution in [2.45, 2.75) is 57.7 Å². The Hall–Kier alpha value is -0.650. The molecule has 0 aliphatic carbocycles. The third-order valence-corrected chi connectivity index (χ3v) is 4.82. The number of rotatable bonds is 2. The third kappa shape index (κ3) is 2.71. The molecule has 0 amide bonds. The Morgan fingerprint density at radius 3 is 3.00 bits per heavy atom. The van der Waals surface area contributed by atoms with Gasteiger partial charge in [-0.3, -0.25) is 4.90 Å². The Morgan fingerprint density at radius 1 is 1.45 bits per heavy atom. The van der Waals surface area contributed by atoms with Crippen LogP contribution in [0.15, 0.2) is 6.20 Å². The van der Waals surface area contributed by atoms with Gasteiger partial charge >= 0.3 is 0 Å². The van der Waals surface area contributed by atoms with E-state index in [1.807, 2.05) is 6.20 Å². The first-order valence-electron chi connectivity index (χ1n) is 7.59. The molecule has 3 rings (SSSR count). The monoisotopic (exact) mass is 295 g/mol. The molecule has 112 valence electrons. The second kappa shape index (κ2) is 5.28. The zero-order chi connectivity index (χ0) is 14.3. The van der Waals surface area contributed by atoms with Gasteiger partial charge in [0.1, 0.15) is 0 Å². The van der Waals surface area contributed by atoms with E-state index in [1.54, 1.807) is 0 Å². The second-order valence-corrected chi connectivity index (χ2v) is 7.47. The largest absolute Gasteiger partial charge is 0.373 e. The van der Waals surface area contributed by atoms with Crippen molar-refractivity contribution in [2.75, 3.05) is 19.7 Å². The summed E-state index contributed by atoms with van der Waals surface area (Å²) in [7, 11) is 0. The van der Waals surface area contributed by atoms with Crippen molar-refractivity contribution < 1.29 is 4.74 Å². The van der Waals surface area contributed by atoms with Crippen molar-refractivity contribution in [2.24, 2.45) is 0 Å². The molecule has 4 nitrogen and oxygen atoms in total. The summed E-state index contributed by atoms with van der Waals surface area (Å²) in [6.45, 7) is 10.7. The predicted octanol–water partition coefficient (Wildman–Crippen LogP) is 2.71. The number of ether oxygens (including phenoxy) is 1. The minimum absolute atomic E-state index is 0.0956. The van der Waals surface area contributed by atoms with Gasteiger partial charge in [0.15, 0.2) is 4.77 Å². The summed E-state index contributed by atoms with van der Waals surface area (Å²) in [4.78, 5) is 5.77. The molecule has 0 radical (unpaired) electrons. The molecular formula is C15H25N3OS. The molecule has 2 aliphatic heterocycles. The number of H-pyrrole nitrogens is 1. The average molecular weight is 295 g/mol. The van der Waals surface area contributed by atoms with Crippen LogP contribution < -0.4 is 0 Å². The van der Waals surface area contributed by atoms with Gasteiger partial charge in [0.05, 0.1) is 19.3 Å². The molecule has 0 saturated carbocycles. The van der Waals surface area contributed by atoms with E-state index >= 15 is 0 Å². The van der Waals surface area contributed by atoms with Crippen LogP contribution in [-0.2, 0) is 16.7 Å². The summed E-state index contributed by atoms with van der Waals surface area (Å²) in [5.74, 6) is 0. The molecule has 0 aromatic carbocycles. The summed E-state index contributed by atoms with van der Waals surface area (Å²) >= 11 is 5.44. The first-order valence-corrected chi connectivity index (χ1v) is 8.00. The van der Waals surface area contributed by atoms with Crippen LogP contribution >= 0.6 is 12.2 Å². The maximum Gasteiger partial charge on any atom is 0.177 e. The lowest BCUT2D eigenvalue weighted by Crippen LogP contribution is -2.47. The van der Waals surface area contributed by atoms with Crippen LogP contribution in [0.3, 0.4) is 0 Å². The normalized spacial score (nSPS) is 27.8. The predicted molar refractivity (Wildman–Crippen MR) is 82.7 cm³/mol. The smallest absolute Gasteiger partial charge is 0.177 e. The van der Waals surface area contributed by atoms with Crippen molar-refractivity contribution in [3.63, 3.8) is 0 Å². The van der Waals surface area contributed by atoms with Crippen molar-refractivity contribution in [1.29, 1.82) is 0 Å². The molecule has 2 aliphatic rings.